The van der Waals surface area contributed by atoms with Gasteiger partial charge in [-0.05, 0) is 42.8 Å². The number of hydrogen-bond acceptors (Lipinski definition) is 5. The molecule has 0 radical (unpaired) electrons. The number of nitrogens with one attached hydrogen (secondary N) is 2. The fraction of sp³-hybridized carbons (Fsp3) is 0.211. The molecule has 0 aliphatic carbocycles. The van der Waals surface area contributed by atoms with Gasteiger partial charge in [0.15, 0.2) is 0 Å². The summed E-state index contributed by atoms with van der Waals surface area (Å²) in [7, 11) is 0. The first-order valence-corrected chi connectivity index (χ1v) is 9.74. The first kappa shape index (κ1) is 19.1. The summed E-state index contributed by atoms with van der Waals surface area (Å²) in [5, 5.41) is 15.3. The smallest absolute Gasteiger partial charge is 0.325 e. The van der Waals surface area contributed by atoms with Crippen LogP contribution in [0.15, 0.2) is 48.5 Å². The van der Waals surface area contributed by atoms with Crippen molar-refractivity contribution in [3.05, 3.63) is 53.6 Å². The van der Waals surface area contributed by atoms with Crippen LogP contribution in [0.4, 0.5) is 15.6 Å². The van der Waals surface area contributed by atoms with Gasteiger partial charge in [0, 0.05) is 16.3 Å². The SMILES string of the molecule is CCCCOc1cccc(-c2nnc(NC(=O)Nc3ccc(Cl)cc3)s2)c1. The maximum absolute atomic E-state index is 12.1. The molecule has 1 heterocycles. The number of aromatic nitrogens is 2. The highest BCUT2D eigenvalue weighted by atomic mass is 35.5. The van der Waals surface area contributed by atoms with E-state index in [0.29, 0.717) is 27.5 Å². The highest BCUT2D eigenvalue weighted by Crippen LogP contribution is 2.29. The molecule has 140 valence electrons. The van der Waals surface area contributed by atoms with Crippen LogP contribution in [0.1, 0.15) is 19.8 Å². The number of halogens is 1. The molecule has 1 aromatic heterocycles. The summed E-state index contributed by atoms with van der Waals surface area (Å²) in [6, 6.07) is 14.1. The predicted molar refractivity (Wildman–Crippen MR) is 110 cm³/mol. The number of carbonyl (C=O) groups excluding carboxylic acids is 1. The lowest BCUT2D eigenvalue weighted by Crippen LogP contribution is -2.19. The van der Waals surface area contributed by atoms with Gasteiger partial charge in [-0.25, -0.2) is 4.79 Å². The summed E-state index contributed by atoms with van der Waals surface area (Å²) < 4.78 is 5.72. The number of carbonyl (C=O) groups is 1. The zero-order valence-corrected chi connectivity index (χ0v) is 16.3. The maximum atomic E-state index is 12.1. The van der Waals surface area contributed by atoms with Crippen LogP contribution in [0.2, 0.25) is 5.02 Å². The predicted octanol–water partition coefficient (Wildman–Crippen LogP) is 5.68. The second-order valence-electron chi connectivity index (χ2n) is 5.73. The van der Waals surface area contributed by atoms with Crippen molar-refractivity contribution in [1.82, 2.24) is 10.2 Å². The van der Waals surface area contributed by atoms with Crippen LogP contribution in [-0.2, 0) is 0 Å². The fourth-order valence-corrected chi connectivity index (χ4v) is 3.10. The molecule has 0 fully saturated rings. The zero-order valence-electron chi connectivity index (χ0n) is 14.7. The number of hydrogen-bond donors (Lipinski definition) is 2. The second kappa shape index (κ2) is 9.34. The normalized spacial score (nSPS) is 10.4. The topological polar surface area (TPSA) is 76.1 Å². The monoisotopic (exact) mass is 402 g/mol. The maximum Gasteiger partial charge on any atom is 0.325 e. The van der Waals surface area contributed by atoms with Gasteiger partial charge in [-0.1, -0.05) is 48.4 Å². The summed E-state index contributed by atoms with van der Waals surface area (Å²) in [4.78, 5) is 12.1. The van der Waals surface area contributed by atoms with E-state index in [9.17, 15) is 4.79 Å². The molecule has 8 heteroatoms. The van der Waals surface area contributed by atoms with Gasteiger partial charge < -0.3 is 10.1 Å². The van der Waals surface area contributed by atoms with Gasteiger partial charge in [0.2, 0.25) is 5.13 Å². The molecular weight excluding hydrogens is 384 g/mol. The molecule has 2 aromatic carbocycles. The van der Waals surface area contributed by atoms with E-state index in [1.165, 1.54) is 11.3 Å². The molecule has 0 unspecified atom stereocenters. The molecular formula is C19H19ClN4O2S. The van der Waals surface area contributed by atoms with Crippen LogP contribution in [-0.4, -0.2) is 22.8 Å². The molecule has 0 saturated carbocycles. The standard InChI is InChI=1S/C19H19ClN4O2S/c1-2-3-11-26-16-6-4-5-13(12-16)17-23-24-19(27-17)22-18(25)21-15-9-7-14(20)8-10-15/h4-10,12H,2-3,11H2,1H3,(H2,21,22,24,25). The third-order valence-corrected chi connectivity index (χ3v) is 4.73. The Hall–Kier alpha value is -2.64. The average molecular weight is 403 g/mol. The van der Waals surface area contributed by atoms with Gasteiger partial charge in [0.1, 0.15) is 10.8 Å². The Morgan fingerprint density at radius 2 is 1.96 bits per heavy atom. The van der Waals surface area contributed by atoms with Crippen molar-refractivity contribution in [2.75, 3.05) is 17.2 Å². The minimum atomic E-state index is -0.392. The van der Waals surface area contributed by atoms with E-state index in [-0.39, 0.29) is 0 Å². The number of urea groups is 1. The van der Waals surface area contributed by atoms with Crippen LogP contribution in [0.25, 0.3) is 10.6 Å². The van der Waals surface area contributed by atoms with Crippen LogP contribution < -0.4 is 15.4 Å². The quantitative estimate of drug-likeness (QED) is 0.498. The van der Waals surface area contributed by atoms with Crippen molar-refractivity contribution in [2.45, 2.75) is 19.8 Å². The first-order chi connectivity index (χ1) is 13.1. The Kier molecular flexibility index (Phi) is 6.62. The highest BCUT2D eigenvalue weighted by Gasteiger charge is 2.10. The van der Waals surface area contributed by atoms with Gasteiger partial charge in [0.05, 0.1) is 6.61 Å². The van der Waals surface area contributed by atoms with Gasteiger partial charge in [-0.15, -0.1) is 10.2 Å². The summed E-state index contributed by atoms with van der Waals surface area (Å²) in [5.41, 5.74) is 1.53. The van der Waals surface area contributed by atoms with Crippen molar-refractivity contribution >= 4 is 39.8 Å². The van der Waals surface area contributed by atoms with Gasteiger partial charge in [-0.3, -0.25) is 5.32 Å². The molecule has 0 saturated heterocycles. The Labute approximate surface area is 166 Å². The molecule has 0 aliphatic rings. The van der Waals surface area contributed by atoms with Crippen molar-refractivity contribution in [3.63, 3.8) is 0 Å². The van der Waals surface area contributed by atoms with Gasteiger partial charge in [0.25, 0.3) is 0 Å². The number of amides is 2. The molecule has 6 nitrogen and oxygen atoms in total. The number of anilines is 2. The van der Waals surface area contributed by atoms with Crippen molar-refractivity contribution in [2.24, 2.45) is 0 Å². The van der Waals surface area contributed by atoms with Crippen LogP contribution in [0.5, 0.6) is 5.75 Å². The number of benzene rings is 2. The average Bonchev–Trinajstić information content (AvgIpc) is 3.12. The Morgan fingerprint density at radius 3 is 2.74 bits per heavy atom. The summed E-state index contributed by atoms with van der Waals surface area (Å²) >= 11 is 7.13. The van der Waals surface area contributed by atoms with Crippen molar-refractivity contribution in [3.8, 4) is 16.3 Å². The number of nitrogens with zero attached hydrogens (tertiary/aromatic N) is 2. The molecule has 0 bridgehead atoms. The first-order valence-electron chi connectivity index (χ1n) is 8.54. The van der Waals surface area contributed by atoms with Gasteiger partial charge >= 0.3 is 6.03 Å². The van der Waals surface area contributed by atoms with Crippen LogP contribution >= 0.6 is 22.9 Å². The zero-order chi connectivity index (χ0) is 19.1. The molecule has 0 atom stereocenters. The lowest BCUT2D eigenvalue weighted by Gasteiger charge is -2.06. The van der Waals surface area contributed by atoms with E-state index in [4.69, 9.17) is 16.3 Å². The largest absolute Gasteiger partial charge is 0.494 e. The molecule has 3 rings (SSSR count). The van der Waals surface area contributed by atoms with E-state index in [1.54, 1.807) is 24.3 Å². The highest BCUT2D eigenvalue weighted by molar-refractivity contribution is 7.18. The second-order valence-corrected chi connectivity index (χ2v) is 7.14. The number of unbranched alkanes of at least 4 members (excludes halogenated alkanes) is 1. The minimum absolute atomic E-state index is 0.392. The molecule has 0 spiro atoms. The van der Waals surface area contributed by atoms with Gasteiger partial charge in [-0.2, -0.15) is 0 Å². The molecule has 27 heavy (non-hydrogen) atoms. The Morgan fingerprint density at radius 1 is 1.15 bits per heavy atom. The van der Waals surface area contributed by atoms with E-state index in [2.05, 4.69) is 27.8 Å². The third kappa shape index (κ3) is 5.67. The number of rotatable bonds is 7. The summed E-state index contributed by atoms with van der Waals surface area (Å²) in [6.07, 6.45) is 2.10. The Bertz CT molecular complexity index is 899. The van der Waals surface area contributed by atoms with E-state index in [0.717, 1.165) is 24.2 Å². The fourth-order valence-electron chi connectivity index (χ4n) is 2.24. The summed E-state index contributed by atoms with van der Waals surface area (Å²) in [6.45, 7) is 2.81. The Balaban J connectivity index is 1.61. The van der Waals surface area contributed by atoms with Crippen molar-refractivity contribution < 1.29 is 9.53 Å². The van der Waals surface area contributed by atoms with Crippen LogP contribution in [0.3, 0.4) is 0 Å². The van der Waals surface area contributed by atoms with E-state index in [1.807, 2.05) is 24.3 Å². The molecule has 2 N–H and O–H groups in total. The molecule has 2 amide bonds. The lowest BCUT2D eigenvalue weighted by atomic mass is 10.2. The minimum Gasteiger partial charge on any atom is -0.494 e. The van der Waals surface area contributed by atoms with E-state index >= 15 is 0 Å². The number of ether oxygens (including phenoxy) is 1. The summed E-state index contributed by atoms with van der Waals surface area (Å²) in [5.74, 6) is 0.797. The van der Waals surface area contributed by atoms with Crippen molar-refractivity contribution in [1.29, 1.82) is 0 Å². The molecule has 3 aromatic rings. The third-order valence-electron chi connectivity index (χ3n) is 3.60. The van der Waals surface area contributed by atoms with Crippen LogP contribution in [0, 0.1) is 0 Å². The van der Waals surface area contributed by atoms with E-state index < -0.39 is 6.03 Å². The lowest BCUT2D eigenvalue weighted by molar-refractivity contribution is 0.262. The molecule has 0 aliphatic heterocycles.